The molecule has 0 unspecified atom stereocenters. The van der Waals surface area contributed by atoms with Crippen molar-refractivity contribution in [3.8, 4) is 23.0 Å². The lowest BCUT2D eigenvalue weighted by atomic mass is 10.1. The number of halogens is 1. The molecule has 0 atom stereocenters. The fourth-order valence-electron chi connectivity index (χ4n) is 3.67. The Morgan fingerprint density at radius 1 is 0.919 bits per heavy atom. The van der Waals surface area contributed by atoms with Crippen LogP contribution in [0.25, 0.3) is 6.08 Å². The quantitative estimate of drug-likeness (QED) is 0.150. The first-order valence-corrected chi connectivity index (χ1v) is 13.2. The molecular formula is C28H26ClNO5S2. The maximum Gasteiger partial charge on any atom is 0.266 e. The fraction of sp³-hybridized carbons (Fsp3) is 0.214. The summed E-state index contributed by atoms with van der Waals surface area (Å²) >= 11 is 13.3. The van der Waals surface area contributed by atoms with Crippen molar-refractivity contribution in [2.75, 3.05) is 27.4 Å². The van der Waals surface area contributed by atoms with Gasteiger partial charge in [-0.05, 0) is 41.5 Å². The van der Waals surface area contributed by atoms with Crippen molar-refractivity contribution >= 4 is 51.9 Å². The number of para-hydroxylation sites is 2. The first kappa shape index (κ1) is 26.9. The van der Waals surface area contributed by atoms with Crippen LogP contribution in [0.2, 0.25) is 5.02 Å². The maximum atomic E-state index is 13.0. The molecule has 1 heterocycles. The average molecular weight is 556 g/mol. The Labute approximate surface area is 231 Å². The Balaban J connectivity index is 1.38. The van der Waals surface area contributed by atoms with Gasteiger partial charge in [0.1, 0.15) is 4.32 Å². The molecule has 1 fully saturated rings. The van der Waals surface area contributed by atoms with E-state index in [1.807, 2.05) is 54.6 Å². The van der Waals surface area contributed by atoms with Gasteiger partial charge in [-0.1, -0.05) is 78.0 Å². The third-order valence-corrected chi connectivity index (χ3v) is 7.13. The minimum atomic E-state index is -0.135. The van der Waals surface area contributed by atoms with Gasteiger partial charge in [0.25, 0.3) is 5.91 Å². The lowest BCUT2D eigenvalue weighted by Crippen LogP contribution is -2.27. The molecule has 1 aliphatic rings. The number of nitrogens with zero attached hydrogens (tertiary/aromatic N) is 1. The van der Waals surface area contributed by atoms with Gasteiger partial charge in [0.05, 0.1) is 43.9 Å². The van der Waals surface area contributed by atoms with Crippen molar-refractivity contribution in [3.05, 3.63) is 87.8 Å². The highest BCUT2D eigenvalue weighted by Crippen LogP contribution is 2.39. The minimum absolute atomic E-state index is 0.135. The first-order valence-electron chi connectivity index (χ1n) is 11.6. The van der Waals surface area contributed by atoms with Gasteiger partial charge in [0.15, 0.2) is 23.0 Å². The average Bonchev–Trinajstić information content (AvgIpc) is 3.17. The number of ether oxygens (including phenoxy) is 4. The van der Waals surface area contributed by atoms with Crippen molar-refractivity contribution in [1.29, 1.82) is 0 Å². The van der Waals surface area contributed by atoms with Crippen LogP contribution in [0.15, 0.2) is 71.6 Å². The second-order valence-corrected chi connectivity index (χ2v) is 10.1. The molecule has 0 saturated carbocycles. The number of rotatable bonds is 11. The van der Waals surface area contributed by atoms with E-state index in [9.17, 15) is 4.79 Å². The fourth-order valence-corrected chi connectivity index (χ4v) is 5.20. The van der Waals surface area contributed by atoms with Gasteiger partial charge < -0.3 is 18.9 Å². The second kappa shape index (κ2) is 12.9. The summed E-state index contributed by atoms with van der Waals surface area (Å²) in [7, 11) is 3.15. The zero-order valence-corrected chi connectivity index (χ0v) is 22.8. The van der Waals surface area contributed by atoms with Crippen LogP contribution in [0.4, 0.5) is 0 Å². The van der Waals surface area contributed by atoms with Crippen LogP contribution in [-0.4, -0.2) is 42.6 Å². The molecule has 3 aromatic rings. The third-order valence-electron chi connectivity index (χ3n) is 5.47. The van der Waals surface area contributed by atoms with Crippen LogP contribution in [0.3, 0.4) is 0 Å². The number of thiocarbonyl (C=S) groups is 1. The first-order chi connectivity index (χ1) is 18.0. The van der Waals surface area contributed by atoms with Crippen molar-refractivity contribution in [2.24, 2.45) is 0 Å². The van der Waals surface area contributed by atoms with Crippen molar-refractivity contribution in [1.82, 2.24) is 4.90 Å². The molecule has 1 amide bonds. The molecule has 3 aromatic carbocycles. The topological polar surface area (TPSA) is 57.2 Å². The molecule has 6 nitrogen and oxygen atoms in total. The zero-order valence-electron chi connectivity index (χ0n) is 20.4. The Kier molecular flexibility index (Phi) is 9.33. The van der Waals surface area contributed by atoms with Crippen molar-refractivity contribution in [2.45, 2.75) is 13.0 Å². The predicted octanol–water partition coefficient (Wildman–Crippen LogP) is 6.61. The molecule has 1 saturated heterocycles. The Morgan fingerprint density at radius 3 is 2.32 bits per heavy atom. The molecule has 1 aliphatic heterocycles. The number of thioether (sulfide) groups is 1. The number of hydrogen-bond acceptors (Lipinski definition) is 7. The number of benzene rings is 3. The summed E-state index contributed by atoms with van der Waals surface area (Å²) in [5, 5.41) is 0.385. The summed E-state index contributed by atoms with van der Waals surface area (Å²) in [4.78, 5) is 15.1. The Morgan fingerprint density at radius 2 is 1.59 bits per heavy atom. The van der Waals surface area contributed by atoms with E-state index in [0.29, 0.717) is 69.0 Å². The van der Waals surface area contributed by atoms with Crippen molar-refractivity contribution < 1.29 is 23.7 Å². The van der Waals surface area contributed by atoms with Gasteiger partial charge in [-0.2, -0.15) is 0 Å². The normalized spacial score (nSPS) is 14.2. The van der Waals surface area contributed by atoms with E-state index in [1.54, 1.807) is 37.3 Å². The summed E-state index contributed by atoms with van der Waals surface area (Å²) < 4.78 is 23.0. The maximum absolute atomic E-state index is 13.0. The lowest BCUT2D eigenvalue weighted by Gasteiger charge is -2.15. The van der Waals surface area contributed by atoms with Gasteiger partial charge >= 0.3 is 0 Å². The van der Waals surface area contributed by atoms with Crippen LogP contribution in [0.5, 0.6) is 23.0 Å². The highest BCUT2D eigenvalue weighted by molar-refractivity contribution is 8.26. The minimum Gasteiger partial charge on any atom is -0.493 e. The molecule has 0 spiro atoms. The molecule has 0 aromatic heterocycles. The number of amides is 1. The van der Waals surface area contributed by atoms with Gasteiger partial charge in [0, 0.05) is 6.42 Å². The van der Waals surface area contributed by atoms with Crippen LogP contribution < -0.4 is 18.9 Å². The Hall–Kier alpha value is -3.20. The number of hydrogen-bond donors (Lipinski definition) is 0. The highest BCUT2D eigenvalue weighted by atomic mass is 35.5. The largest absolute Gasteiger partial charge is 0.493 e. The smallest absolute Gasteiger partial charge is 0.266 e. The van der Waals surface area contributed by atoms with E-state index in [-0.39, 0.29) is 5.91 Å². The van der Waals surface area contributed by atoms with E-state index in [0.717, 1.165) is 5.56 Å². The van der Waals surface area contributed by atoms with E-state index in [2.05, 4.69) is 0 Å². The molecule has 192 valence electrons. The lowest BCUT2D eigenvalue weighted by molar-refractivity contribution is -0.122. The molecular weight excluding hydrogens is 530 g/mol. The van der Waals surface area contributed by atoms with Crippen LogP contribution in [-0.2, 0) is 11.3 Å². The molecule has 0 radical (unpaired) electrons. The molecule has 0 bridgehead atoms. The predicted molar refractivity (Wildman–Crippen MR) is 152 cm³/mol. The Bertz CT molecular complexity index is 1300. The number of methoxy groups -OCH3 is 2. The standard InChI is InChI=1S/C28H26ClNO5S2/c1-32-22-11-6-7-12-23(22)34-13-8-14-35-26-21(29)15-20(16-24(26)33-2)17-25-27(31)30(28(36)37-25)18-19-9-4-3-5-10-19/h3-7,9-12,15-17H,8,13-14,18H2,1-2H3. The SMILES string of the molecule is COc1ccccc1OCCCOc1c(Cl)cc(C=C2SC(=S)N(Cc3ccccc3)C2=O)cc1OC. The van der Waals surface area contributed by atoms with E-state index in [4.69, 9.17) is 42.8 Å². The molecule has 4 rings (SSSR count). The summed E-state index contributed by atoms with van der Waals surface area (Å²) in [6.45, 7) is 1.26. The van der Waals surface area contributed by atoms with Crippen molar-refractivity contribution in [3.63, 3.8) is 0 Å². The summed E-state index contributed by atoms with van der Waals surface area (Å²) in [5.74, 6) is 2.14. The second-order valence-electron chi connectivity index (χ2n) is 7.99. The van der Waals surface area contributed by atoms with E-state index < -0.39 is 0 Å². The molecule has 0 N–H and O–H groups in total. The molecule has 0 aliphatic carbocycles. The highest BCUT2D eigenvalue weighted by Gasteiger charge is 2.32. The van der Waals surface area contributed by atoms with E-state index >= 15 is 0 Å². The van der Waals surface area contributed by atoms with Gasteiger partial charge in [-0.3, -0.25) is 9.69 Å². The van der Waals surface area contributed by atoms with Gasteiger partial charge in [0.2, 0.25) is 0 Å². The van der Waals surface area contributed by atoms with Crippen LogP contribution in [0.1, 0.15) is 17.5 Å². The van der Waals surface area contributed by atoms with Crippen LogP contribution >= 0.6 is 35.6 Å². The molecule has 9 heteroatoms. The zero-order chi connectivity index (χ0) is 26.2. The summed E-state index contributed by atoms with van der Waals surface area (Å²) in [6.07, 6.45) is 2.40. The molecule has 37 heavy (non-hydrogen) atoms. The number of carbonyl (C=O) groups is 1. The number of carbonyl (C=O) groups excluding carboxylic acids is 1. The third kappa shape index (κ3) is 6.77. The summed E-state index contributed by atoms with van der Waals surface area (Å²) in [5.41, 5.74) is 1.73. The monoisotopic (exact) mass is 555 g/mol. The van der Waals surface area contributed by atoms with Gasteiger partial charge in [-0.15, -0.1) is 0 Å². The van der Waals surface area contributed by atoms with E-state index in [1.165, 1.54) is 11.8 Å². The van der Waals surface area contributed by atoms with Crippen LogP contribution in [0, 0.1) is 0 Å². The van der Waals surface area contributed by atoms with Gasteiger partial charge in [-0.25, -0.2) is 0 Å². The summed E-state index contributed by atoms with van der Waals surface area (Å²) in [6, 6.07) is 20.8.